The molecular formula is C20H12FN3O. The van der Waals surface area contributed by atoms with Gasteiger partial charge in [0.2, 0.25) is 0 Å². The Balaban J connectivity index is 2.00. The lowest BCUT2D eigenvalue weighted by Crippen LogP contribution is -2.06. The Labute approximate surface area is 141 Å². The van der Waals surface area contributed by atoms with Crippen LogP contribution in [0.3, 0.4) is 0 Å². The van der Waals surface area contributed by atoms with Crippen LogP contribution in [-0.2, 0) is 0 Å². The van der Waals surface area contributed by atoms with Crippen molar-refractivity contribution >= 4 is 32.6 Å². The Morgan fingerprint density at radius 1 is 0.920 bits per heavy atom. The molecule has 0 saturated carbocycles. The van der Waals surface area contributed by atoms with Crippen molar-refractivity contribution < 1.29 is 4.39 Å². The first-order chi connectivity index (χ1) is 12.2. The highest BCUT2D eigenvalue weighted by Gasteiger charge is 2.15. The van der Waals surface area contributed by atoms with Gasteiger partial charge in [0, 0.05) is 39.6 Å². The molecule has 0 spiro atoms. The van der Waals surface area contributed by atoms with Gasteiger partial charge >= 0.3 is 0 Å². The molecule has 3 aromatic heterocycles. The predicted molar refractivity (Wildman–Crippen MR) is 97.1 cm³/mol. The quantitative estimate of drug-likeness (QED) is 0.449. The first-order valence-corrected chi connectivity index (χ1v) is 7.89. The Bertz CT molecular complexity index is 1330. The second kappa shape index (κ2) is 5.01. The van der Waals surface area contributed by atoms with Crippen LogP contribution < -0.4 is 5.56 Å². The third-order valence-electron chi connectivity index (χ3n) is 4.52. The normalized spacial score (nSPS) is 11.6. The van der Waals surface area contributed by atoms with Gasteiger partial charge in [0.1, 0.15) is 5.82 Å². The molecule has 0 fully saturated rings. The molecule has 0 amide bonds. The number of aromatic amines is 2. The summed E-state index contributed by atoms with van der Waals surface area (Å²) >= 11 is 0. The van der Waals surface area contributed by atoms with Crippen LogP contribution in [0.25, 0.3) is 43.8 Å². The second-order valence-corrected chi connectivity index (χ2v) is 5.97. The third-order valence-corrected chi connectivity index (χ3v) is 4.52. The Kier molecular flexibility index (Phi) is 2.79. The van der Waals surface area contributed by atoms with Gasteiger partial charge in [0.15, 0.2) is 0 Å². The lowest BCUT2D eigenvalue weighted by Gasteiger charge is -2.09. The minimum atomic E-state index is -0.381. The average Bonchev–Trinajstić information content (AvgIpc) is 3.05. The van der Waals surface area contributed by atoms with Gasteiger partial charge in [0.25, 0.3) is 5.56 Å². The van der Waals surface area contributed by atoms with Crippen molar-refractivity contribution in [1.29, 1.82) is 0 Å². The fourth-order valence-corrected chi connectivity index (χ4v) is 3.40. The summed E-state index contributed by atoms with van der Waals surface area (Å²) in [5.41, 5.74) is 2.92. The number of aromatic nitrogens is 3. The van der Waals surface area contributed by atoms with Gasteiger partial charge in [-0.25, -0.2) is 9.37 Å². The Morgan fingerprint density at radius 2 is 1.80 bits per heavy atom. The lowest BCUT2D eigenvalue weighted by atomic mass is 10.0. The highest BCUT2D eigenvalue weighted by atomic mass is 19.1. The monoisotopic (exact) mass is 329 g/mol. The molecule has 0 saturated heterocycles. The molecule has 25 heavy (non-hydrogen) atoms. The van der Waals surface area contributed by atoms with Crippen molar-refractivity contribution in [2.45, 2.75) is 0 Å². The van der Waals surface area contributed by atoms with Gasteiger partial charge in [-0.05, 0) is 30.3 Å². The number of halogens is 1. The van der Waals surface area contributed by atoms with Crippen LogP contribution in [0.2, 0.25) is 0 Å². The molecule has 0 aliphatic heterocycles. The van der Waals surface area contributed by atoms with Crippen molar-refractivity contribution in [2.75, 3.05) is 0 Å². The fraction of sp³-hybridized carbons (Fsp3) is 0. The van der Waals surface area contributed by atoms with Crippen LogP contribution in [-0.4, -0.2) is 15.0 Å². The maximum atomic E-state index is 13.9. The standard InChI is InChI=1S/C20H12FN3O/c21-11-5-6-13-14(9-11)18-17(7-8-22-20(18)25)24-19(13)15-10-23-16-4-2-1-3-12(15)16/h1-10,23H,(H,22,25). The third kappa shape index (κ3) is 1.99. The first-order valence-electron chi connectivity index (χ1n) is 7.89. The van der Waals surface area contributed by atoms with E-state index < -0.39 is 0 Å². The molecule has 5 aromatic rings. The number of rotatable bonds is 1. The smallest absolute Gasteiger partial charge is 0.258 e. The molecule has 0 aliphatic carbocycles. The number of pyridine rings is 2. The molecule has 0 aliphatic rings. The number of benzene rings is 2. The predicted octanol–water partition coefficient (Wildman–Crippen LogP) is 4.36. The summed E-state index contributed by atoms with van der Waals surface area (Å²) < 4.78 is 13.9. The van der Waals surface area contributed by atoms with E-state index in [2.05, 4.69) is 9.97 Å². The van der Waals surface area contributed by atoms with Crippen molar-refractivity contribution in [2.24, 2.45) is 0 Å². The van der Waals surface area contributed by atoms with E-state index in [4.69, 9.17) is 4.98 Å². The van der Waals surface area contributed by atoms with E-state index in [-0.39, 0.29) is 11.4 Å². The van der Waals surface area contributed by atoms with Crippen LogP contribution in [0.4, 0.5) is 4.39 Å². The van der Waals surface area contributed by atoms with E-state index in [9.17, 15) is 9.18 Å². The summed E-state index contributed by atoms with van der Waals surface area (Å²) in [5.74, 6) is -0.381. The molecule has 0 unspecified atom stereocenters. The van der Waals surface area contributed by atoms with E-state index in [1.807, 2.05) is 30.5 Å². The zero-order chi connectivity index (χ0) is 17.0. The summed E-state index contributed by atoms with van der Waals surface area (Å²) in [5, 5.41) is 2.74. The summed E-state index contributed by atoms with van der Waals surface area (Å²) in [6.07, 6.45) is 3.45. The number of hydrogen-bond donors (Lipinski definition) is 2. The lowest BCUT2D eigenvalue weighted by molar-refractivity contribution is 0.630. The summed E-state index contributed by atoms with van der Waals surface area (Å²) in [6, 6.07) is 14.1. The molecule has 120 valence electrons. The number of H-pyrrole nitrogens is 2. The van der Waals surface area contributed by atoms with E-state index in [1.165, 1.54) is 12.1 Å². The van der Waals surface area contributed by atoms with Gasteiger partial charge < -0.3 is 9.97 Å². The molecule has 0 bridgehead atoms. The van der Waals surface area contributed by atoms with Crippen molar-refractivity contribution in [1.82, 2.24) is 15.0 Å². The number of nitrogens with zero attached hydrogens (tertiary/aromatic N) is 1. The average molecular weight is 329 g/mol. The second-order valence-electron chi connectivity index (χ2n) is 5.97. The largest absolute Gasteiger partial charge is 0.360 e. The molecule has 2 aromatic carbocycles. The van der Waals surface area contributed by atoms with Crippen LogP contribution >= 0.6 is 0 Å². The van der Waals surface area contributed by atoms with Gasteiger partial charge in [-0.1, -0.05) is 18.2 Å². The summed E-state index contributed by atoms with van der Waals surface area (Å²) in [7, 11) is 0. The molecular weight excluding hydrogens is 317 g/mol. The zero-order valence-corrected chi connectivity index (χ0v) is 13.0. The van der Waals surface area contributed by atoms with Gasteiger partial charge in [-0.2, -0.15) is 0 Å². The van der Waals surface area contributed by atoms with Crippen molar-refractivity contribution in [3.8, 4) is 11.3 Å². The molecule has 4 nitrogen and oxygen atoms in total. The topological polar surface area (TPSA) is 61.5 Å². The minimum Gasteiger partial charge on any atom is -0.360 e. The minimum absolute atomic E-state index is 0.272. The molecule has 5 rings (SSSR count). The molecule has 2 N–H and O–H groups in total. The van der Waals surface area contributed by atoms with Crippen molar-refractivity contribution in [3.63, 3.8) is 0 Å². The maximum Gasteiger partial charge on any atom is 0.258 e. The number of fused-ring (bicyclic) bond motifs is 4. The molecule has 5 heteroatoms. The van der Waals surface area contributed by atoms with Gasteiger partial charge in [-0.3, -0.25) is 4.79 Å². The maximum absolute atomic E-state index is 13.9. The van der Waals surface area contributed by atoms with Gasteiger partial charge in [-0.15, -0.1) is 0 Å². The van der Waals surface area contributed by atoms with Crippen LogP contribution in [0, 0.1) is 5.82 Å². The Hall–Kier alpha value is -3.47. The summed E-state index contributed by atoms with van der Waals surface area (Å²) in [6.45, 7) is 0. The highest BCUT2D eigenvalue weighted by molar-refractivity contribution is 6.13. The van der Waals surface area contributed by atoms with Crippen molar-refractivity contribution in [3.05, 3.63) is 77.1 Å². The SMILES string of the molecule is O=c1[nH]ccc2nc(-c3c[nH]c4ccccc34)c3ccc(F)cc3c12. The number of nitrogens with one attached hydrogen (secondary N) is 2. The molecule has 0 radical (unpaired) electrons. The molecule has 3 heterocycles. The molecule has 0 atom stereocenters. The highest BCUT2D eigenvalue weighted by Crippen LogP contribution is 2.35. The van der Waals surface area contributed by atoms with Crippen LogP contribution in [0.5, 0.6) is 0 Å². The number of hydrogen-bond acceptors (Lipinski definition) is 2. The Morgan fingerprint density at radius 3 is 2.72 bits per heavy atom. The zero-order valence-electron chi connectivity index (χ0n) is 13.0. The fourth-order valence-electron chi connectivity index (χ4n) is 3.40. The number of para-hydroxylation sites is 1. The summed E-state index contributed by atoms with van der Waals surface area (Å²) in [4.78, 5) is 22.9. The van der Waals surface area contributed by atoms with Crippen LogP contribution in [0.15, 0.2) is 65.7 Å². The van der Waals surface area contributed by atoms with E-state index >= 15 is 0 Å². The van der Waals surface area contributed by atoms with Crippen LogP contribution in [0.1, 0.15) is 0 Å². The van der Waals surface area contributed by atoms with Gasteiger partial charge in [0.05, 0.1) is 16.6 Å². The van der Waals surface area contributed by atoms with E-state index in [1.54, 1.807) is 18.3 Å². The van der Waals surface area contributed by atoms with E-state index in [0.717, 1.165) is 27.5 Å². The van der Waals surface area contributed by atoms with E-state index in [0.29, 0.717) is 16.3 Å². The first kappa shape index (κ1) is 13.9.